The fraction of sp³-hybridized carbons (Fsp3) is 0. The van der Waals surface area contributed by atoms with E-state index in [2.05, 4.69) is 4.98 Å². The van der Waals surface area contributed by atoms with Crippen LogP contribution in [0.5, 0.6) is 0 Å². The third-order valence-electron chi connectivity index (χ3n) is 2.26. The van der Waals surface area contributed by atoms with Crippen molar-refractivity contribution in [3.63, 3.8) is 0 Å². The molecule has 85 valence electrons. The van der Waals surface area contributed by atoms with Crippen molar-refractivity contribution in [1.82, 2.24) is 4.98 Å². The summed E-state index contributed by atoms with van der Waals surface area (Å²) in [5, 5.41) is 0.452. The van der Waals surface area contributed by atoms with Gasteiger partial charge in [0, 0.05) is 11.8 Å². The number of nitrogens with zero attached hydrogens (tertiary/aromatic N) is 1. The third-order valence-corrected chi connectivity index (χ3v) is 2.48. The van der Waals surface area contributed by atoms with Crippen LogP contribution < -0.4 is 5.73 Å². The van der Waals surface area contributed by atoms with Crippen LogP contribution in [0.25, 0.3) is 11.1 Å². The molecule has 0 atom stereocenters. The molecule has 0 bridgehead atoms. The molecule has 1 aromatic carbocycles. The lowest BCUT2D eigenvalue weighted by atomic mass is 10.0. The normalized spacial score (nSPS) is 10.2. The van der Waals surface area contributed by atoms with Crippen LogP contribution in [0.1, 0.15) is 5.56 Å². The van der Waals surface area contributed by atoms with Gasteiger partial charge in [-0.25, -0.2) is 4.98 Å². The predicted octanol–water partition coefficient (Wildman–Crippen LogP) is 2.44. The monoisotopic (exact) mass is 245 g/mol. The van der Waals surface area contributed by atoms with Crippen molar-refractivity contribution >= 4 is 17.5 Å². The van der Waals surface area contributed by atoms with E-state index in [1.807, 2.05) is 30.3 Å². The van der Waals surface area contributed by atoms with Gasteiger partial charge in [0.15, 0.2) is 0 Å². The summed E-state index contributed by atoms with van der Waals surface area (Å²) in [6, 6.07) is 11.1. The summed E-state index contributed by atoms with van der Waals surface area (Å²) in [5.74, 6) is -0.462. The second-order valence-electron chi connectivity index (χ2n) is 3.54. The smallest absolute Gasteiger partial charge is 0.226 e. The Labute approximate surface area is 104 Å². The van der Waals surface area contributed by atoms with Crippen molar-refractivity contribution in [3.8, 4) is 11.1 Å². The molecule has 0 aliphatic rings. The molecule has 0 saturated carbocycles. The first-order valence-electron chi connectivity index (χ1n) is 5.01. The van der Waals surface area contributed by atoms with Gasteiger partial charge in [-0.1, -0.05) is 35.9 Å². The van der Waals surface area contributed by atoms with Gasteiger partial charge in [0.2, 0.25) is 5.91 Å². The SMILES string of the molecule is NC(=O)[CH]c1cccc(-c2ccc(Cl)nc2)c1. The van der Waals surface area contributed by atoms with E-state index < -0.39 is 5.91 Å². The van der Waals surface area contributed by atoms with Gasteiger partial charge in [0.25, 0.3) is 0 Å². The van der Waals surface area contributed by atoms with Gasteiger partial charge in [0.1, 0.15) is 5.15 Å². The quantitative estimate of drug-likeness (QED) is 0.845. The number of carbonyl (C=O) groups excluding carboxylic acids is 1. The van der Waals surface area contributed by atoms with Gasteiger partial charge in [0.05, 0.1) is 6.42 Å². The topological polar surface area (TPSA) is 56.0 Å². The minimum absolute atomic E-state index is 0.452. The summed E-state index contributed by atoms with van der Waals surface area (Å²) in [6.45, 7) is 0. The molecule has 1 amide bonds. The van der Waals surface area contributed by atoms with Crippen molar-refractivity contribution in [2.45, 2.75) is 0 Å². The molecular formula is C13H10ClN2O. The fourth-order valence-electron chi connectivity index (χ4n) is 1.52. The zero-order valence-electron chi connectivity index (χ0n) is 8.93. The maximum atomic E-state index is 10.8. The summed E-state index contributed by atoms with van der Waals surface area (Å²) in [6.07, 6.45) is 3.07. The van der Waals surface area contributed by atoms with E-state index >= 15 is 0 Å². The number of pyridine rings is 1. The lowest BCUT2D eigenvalue weighted by molar-refractivity contribution is -0.114. The number of nitrogens with two attached hydrogens (primary N) is 1. The number of rotatable bonds is 3. The molecule has 0 spiro atoms. The summed E-state index contributed by atoms with van der Waals surface area (Å²) < 4.78 is 0. The summed E-state index contributed by atoms with van der Waals surface area (Å²) in [5.41, 5.74) is 7.78. The molecule has 2 rings (SSSR count). The van der Waals surface area contributed by atoms with E-state index in [9.17, 15) is 4.79 Å². The van der Waals surface area contributed by atoms with E-state index in [0.29, 0.717) is 5.15 Å². The molecule has 0 saturated heterocycles. The molecule has 4 heteroatoms. The molecule has 0 unspecified atom stereocenters. The number of primary amides is 1. The first-order valence-corrected chi connectivity index (χ1v) is 5.39. The summed E-state index contributed by atoms with van der Waals surface area (Å²) in [7, 11) is 0. The number of halogens is 1. The second kappa shape index (κ2) is 4.97. The average molecular weight is 246 g/mol. The molecule has 1 heterocycles. The number of benzene rings is 1. The third kappa shape index (κ3) is 3.04. The van der Waals surface area contributed by atoms with E-state index in [4.69, 9.17) is 17.3 Å². The van der Waals surface area contributed by atoms with Crippen LogP contribution in [0.3, 0.4) is 0 Å². The Balaban J connectivity index is 2.32. The Bertz CT molecular complexity index is 537. The standard InChI is InChI=1S/C13H10ClN2O/c14-12-5-4-11(8-16-12)10-3-1-2-9(6-10)7-13(15)17/h1-8H,(H2,15,17). The first kappa shape index (κ1) is 11.6. The van der Waals surface area contributed by atoms with Crippen LogP contribution in [0.15, 0.2) is 42.6 Å². The highest BCUT2D eigenvalue weighted by Gasteiger charge is 2.02. The molecule has 3 nitrogen and oxygen atoms in total. The Morgan fingerprint density at radius 1 is 1.24 bits per heavy atom. The number of amides is 1. The number of hydrogen-bond acceptors (Lipinski definition) is 2. The number of carbonyl (C=O) groups is 1. The highest BCUT2D eigenvalue weighted by Crippen LogP contribution is 2.21. The molecule has 17 heavy (non-hydrogen) atoms. The first-order chi connectivity index (χ1) is 8.15. The highest BCUT2D eigenvalue weighted by molar-refractivity contribution is 6.29. The van der Waals surface area contributed by atoms with E-state index in [-0.39, 0.29) is 0 Å². The van der Waals surface area contributed by atoms with E-state index in [0.717, 1.165) is 16.7 Å². The lowest BCUT2D eigenvalue weighted by Gasteiger charge is -2.03. The van der Waals surface area contributed by atoms with E-state index in [1.54, 1.807) is 12.3 Å². The van der Waals surface area contributed by atoms with Gasteiger partial charge < -0.3 is 5.73 Å². The Morgan fingerprint density at radius 2 is 2.06 bits per heavy atom. The Morgan fingerprint density at radius 3 is 2.71 bits per heavy atom. The van der Waals surface area contributed by atoms with Crippen LogP contribution in [-0.4, -0.2) is 10.9 Å². The second-order valence-corrected chi connectivity index (χ2v) is 3.93. The number of hydrogen-bond donors (Lipinski definition) is 1. The van der Waals surface area contributed by atoms with Crippen LogP contribution in [-0.2, 0) is 4.79 Å². The molecule has 1 radical (unpaired) electrons. The van der Waals surface area contributed by atoms with Gasteiger partial charge in [-0.2, -0.15) is 0 Å². The van der Waals surface area contributed by atoms with Gasteiger partial charge in [-0.3, -0.25) is 4.79 Å². The van der Waals surface area contributed by atoms with Crippen molar-refractivity contribution in [2.75, 3.05) is 0 Å². The van der Waals surface area contributed by atoms with Crippen molar-refractivity contribution in [1.29, 1.82) is 0 Å². The van der Waals surface area contributed by atoms with Crippen molar-refractivity contribution < 1.29 is 4.79 Å². The zero-order valence-corrected chi connectivity index (χ0v) is 9.69. The molecule has 0 aliphatic carbocycles. The summed E-state index contributed by atoms with van der Waals surface area (Å²) >= 11 is 5.72. The van der Waals surface area contributed by atoms with Crippen molar-refractivity contribution in [2.24, 2.45) is 5.73 Å². The Hall–Kier alpha value is -1.87. The molecule has 2 aromatic rings. The van der Waals surface area contributed by atoms with Crippen LogP contribution in [0.2, 0.25) is 5.15 Å². The minimum Gasteiger partial charge on any atom is -0.369 e. The Kier molecular flexibility index (Phi) is 3.40. The van der Waals surface area contributed by atoms with Gasteiger partial charge in [-0.05, 0) is 23.3 Å². The molecular weight excluding hydrogens is 236 g/mol. The van der Waals surface area contributed by atoms with Crippen molar-refractivity contribution in [3.05, 3.63) is 59.7 Å². The molecule has 1 aromatic heterocycles. The van der Waals surface area contributed by atoms with E-state index in [1.165, 1.54) is 6.42 Å². The maximum absolute atomic E-state index is 10.8. The predicted molar refractivity (Wildman–Crippen MR) is 67.3 cm³/mol. The molecule has 2 N–H and O–H groups in total. The van der Waals surface area contributed by atoms with Crippen LogP contribution >= 0.6 is 11.6 Å². The fourth-order valence-corrected chi connectivity index (χ4v) is 1.63. The summed E-state index contributed by atoms with van der Waals surface area (Å²) in [4.78, 5) is 14.8. The molecule has 0 fully saturated rings. The largest absolute Gasteiger partial charge is 0.369 e. The van der Waals surface area contributed by atoms with Gasteiger partial charge >= 0.3 is 0 Å². The van der Waals surface area contributed by atoms with Gasteiger partial charge in [-0.15, -0.1) is 0 Å². The number of aromatic nitrogens is 1. The highest BCUT2D eigenvalue weighted by atomic mass is 35.5. The molecule has 0 aliphatic heterocycles. The zero-order chi connectivity index (χ0) is 12.3. The lowest BCUT2D eigenvalue weighted by Crippen LogP contribution is -2.11. The van der Waals surface area contributed by atoms with Crippen LogP contribution in [0, 0.1) is 6.42 Å². The minimum atomic E-state index is -0.462. The average Bonchev–Trinajstić information content (AvgIpc) is 2.29. The maximum Gasteiger partial charge on any atom is 0.226 e. The van der Waals surface area contributed by atoms with Crippen LogP contribution in [0.4, 0.5) is 0 Å².